The molecule has 6 N–H and O–H groups in total. The summed E-state index contributed by atoms with van der Waals surface area (Å²) in [5.74, 6) is -0.0397. The Morgan fingerprint density at radius 2 is 1.80 bits per heavy atom. The topological polar surface area (TPSA) is 196 Å². The van der Waals surface area contributed by atoms with E-state index in [1.807, 2.05) is 6.20 Å². The number of unbranched alkanes of at least 4 members (excludes halogenated alkanes) is 2. The highest BCUT2D eigenvalue weighted by atomic mass is 16.7. The molecule has 3 heterocycles. The number of rotatable bonds is 13. The van der Waals surface area contributed by atoms with E-state index in [0.717, 1.165) is 36.9 Å². The van der Waals surface area contributed by atoms with Gasteiger partial charge in [-0.25, -0.2) is 4.98 Å². The molecule has 1 saturated heterocycles. The van der Waals surface area contributed by atoms with Gasteiger partial charge in [0.1, 0.15) is 35.9 Å². The summed E-state index contributed by atoms with van der Waals surface area (Å²) in [4.78, 5) is 4.25. The van der Waals surface area contributed by atoms with Crippen LogP contribution < -0.4 is 0 Å². The fraction of sp³-hybridized carbons (Fsp3) is 0.636. The van der Waals surface area contributed by atoms with Gasteiger partial charge in [0.15, 0.2) is 6.29 Å². The van der Waals surface area contributed by atoms with E-state index in [-0.39, 0.29) is 18.1 Å². The van der Waals surface area contributed by atoms with Crippen molar-refractivity contribution >= 4 is 6.21 Å². The first-order chi connectivity index (χ1) is 16.9. The number of oxime groups is 1. The van der Waals surface area contributed by atoms with Crippen LogP contribution in [-0.2, 0) is 28.9 Å². The zero-order valence-corrected chi connectivity index (χ0v) is 19.3. The van der Waals surface area contributed by atoms with Gasteiger partial charge in [-0.15, -0.1) is 5.10 Å². The predicted octanol–water partition coefficient (Wildman–Crippen LogP) is -0.651. The van der Waals surface area contributed by atoms with Crippen LogP contribution in [0.15, 0.2) is 23.5 Å². The maximum absolute atomic E-state index is 9.97. The average Bonchev–Trinajstić information content (AvgIpc) is 3.31. The van der Waals surface area contributed by atoms with Gasteiger partial charge in [-0.2, -0.15) is 0 Å². The third-order valence-corrected chi connectivity index (χ3v) is 5.75. The molecule has 13 heteroatoms. The molecule has 5 atom stereocenters. The lowest BCUT2D eigenvalue weighted by Crippen LogP contribution is -2.59. The molecule has 1 aliphatic heterocycles. The van der Waals surface area contributed by atoms with E-state index in [1.165, 1.54) is 6.07 Å². The van der Waals surface area contributed by atoms with Gasteiger partial charge in [-0.05, 0) is 50.7 Å². The summed E-state index contributed by atoms with van der Waals surface area (Å²) in [5.41, 5.74) is 1.87. The molecular formula is C22H33N5O8. The van der Waals surface area contributed by atoms with E-state index < -0.39 is 37.3 Å². The third-order valence-electron chi connectivity index (χ3n) is 5.75. The fourth-order valence-electron chi connectivity index (χ4n) is 3.75. The second-order valence-corrected chi connectivity index (χ2v) is 8.41. The first-order valence-electron chi connectivity index (χ1n) is 11.6. The molecule has 1 fully saturated rings. The van der Waals surface area contributed by atoms with Crippen LogP contribution in [0.1, 0.15) is 42.8 Å². The van der Waals surface area contributed by atoms with Crippen molar-refractivity contribution in [1.82, 2.24) is 20.0 Å². The van der Waals surface area contributed by atoms with Crippen molar-refractivity contribution in [2.24, 2.45) is 5.16 Å². The molecule has 0 aliphatic carbocycles. The summed E-state index contributed by atoms with van der Waals surface area (Å²) in [5, 5.41) is 68.2. The van der Waals surface area contributed by atoms with Gasteiger partial charge in [-0.1, -0.05) is 10.4 Å². The normalized spacial score (nSPS) is 24.9. The highest BCUT2D eigenvalue weighted by molar-refractivity contribution is 5.80. The van der Waals surface area contributed by atoms with Crippen molar-refractivity contribution in [3.63, 3.8) is 0 Å². The van der Waals surface area contributed by atoms with E-state index in [0.29, 0.717) is 25.8 Å². The zero-order chi connectivity index (χ0) is 25.2. The van der Waals surface area contributed by atoms with E-state index >= 15 is 0 Å². The lowest BCUT2D eigenvalue weighted by atomic mass is 9.99. The molecule has 0 radical (unpaired) electrons. The van der Waals surface area contributed by atoms with E-state index in [9.17, 15) is 25.5 Å². The van der Waals surface area contributed by atoms with Crippen LogP contribution in [0.25, 0.3) is 0 Å². The van der Waals surface area contributed by atoms with Gasteiger partial charge in [-0.3, -0.25) is 4.68 Å². The predicted molar refractivity (Wildman–Crippen MR) is 121 cm³/mol. The monoisotopic (exact) mass is 495 g/mol. The van der Waals surface area contributed by atoms with Crippen molar-refractivity contribution in [1.29, 1.82) is 0 Å². The molecule has 0 spiro atoms. The maximum Gasteiger partial charge on any atom is 0.186 e. The Morgan fingerprint density at radius 1 is 1.03 bits per heavy atom. The summed E-state index contributed by atoms with van der Waals surface area (Å²) in [6.07, 6.45) is 1.21. The van der Waals surface area contributed by atoms with Crippen molar-refractivity contribution < 1.29 is 40.2 Å². The zero-order valence-electron chi connectivity index (χ0n) is 19.3. The number of aromatic hydroxyl groups is 1. The van der Waals surface area contributed by atoms with Crippen molar-refractivity contribution in [2.75, 3.05) is 13.2 Å². The summed E-state index contributed by atoms with van der Waals surface area (Å²) in [6, 6.07) is 3.26. The molecule has 0 saturated carbocycles. The van der Waals surface area contributed by atoms with Crippen LogP contribution in [0.3, 0.4) is 0 Å². The summed E-state index contributed by atoms with van der Waals surface area (Å²) >= 11 is 0. The molecule has 0 amide bonds. The van der Waals surface area contributed by atoms with Gasteiger partial charge < -0.3 is 40.2 Å². The number of nitrogens with zero attached hydrogens (tertiary/aromatic N) is 5. The van der Waals surface area contributed by atoms with E-state index in [2.05, 4.69) is 20.5 Å². The van der Waals surface area contributed by atoms with Gasteiger partial charge in [0.05, 0.1) is 18.5 Å². The molecule has 1 aliphatic rings. The lowest BCUT2D eigenvalue weighted by Gasteiger charge is -2.39. The Hall–Kier alpha value is -2.68. The number of hydrogen-bond donors (Lipinski definition) is 6. The number of aliphatic hydroxyl groups is 4. The lowest BCUT2D eigenvalue weighted by molar-refractivity contribution is -0.301. The molecule has 0 bridgehead atoms. The number of pyridine rings is 1. The summed E-state index contributed by atoms with van der Waals surface area (Å²) in [6.45, 7) is 0.485. The summed E-state index contributed by atoms with van der Waals surface area (Å²) in [7, 11) is 0. The Labute approximate surface area is 202 Å². The minimum atomic E-state index is -1.45. The number of aryl methyl sites for hydroxylation is 3. The van der Waals surface area contributed by atoms with E-state index in [4.69, 9.17) is 14.7 Å². The van der Waals surface area contributed by atoms with Crippen molar-refractivity contribution in [3.8, 4) is 5.75 Å². The van der Waals surface area contributed by atoms with Crippen LogP contribution in [0.4, 0.5) is 0 Å². The Morgan fingerprint density at radius 3 is 2.57 bits per heavy atom. The van der Waals surface area contributed by atoms with Crippen molar-refractivity contribution in [3.05, 3.63) is 35.4 Å². The molecule has 2 aromatic rings. The van der Waals surface area contributed by atoms with E-state index in [1.54, 1.807) is 10.7 Å². The molecule has 2 aromatic heterocycles. The third kappa shape index (κ3) is 7.65. The van der Waals surface area contributed by atoms with Crippen LogP contribution in [0.5, 0.6) is 5.75 Å². The first-order valence-corrected chi connectivity index (χ1v) is 11.6. The first kappa shape index (κ1) is 26.9. The summed E-state index contributed by atoms with van der Waals surface area (Å²) < 4.78 is 12.6. The minimum absolute atomic E-state index is 0.0397. The molecule has 194 valence electrons. The highest BCUT2D eigenvalue weighted by Gasteiger charge is 2.43. The second kappa shape index (κ2) is 13.4. The van der Waals surface area contributed by atoms with Crippen LogP contribution >= 0.6 is 0 Å². The standard InChI is InChI=1S/C22H33N5O8/c28-13-18-19(30)20(31)21(32)22(35-18)34-10-4-2-6-15-12-27(26-25-15)9-3-1-5-14-7-8-17(29)16(24-14)11-23-33/h7-8,11-12,18-22,28-33H,1-6,9-10,13H2/b23-11+/t18-,19-,20+,21-,22-/m1/s1. The average molecular weight is 496 g/mol. The number of ether oxygens (including phenoxy) is 2. The molecule has 13 nitrogen and oxygen atoms in total. The smallest absolute Gasteiger partial charge is 0.186 e. The molecule has 0 aromatic carbocycles. The molecule has 35 heavy (non-hydrogen) atoms. The molecule has 3 rings (SSSR count). The van der Waals surface area contributed by atoms with Crippen LogP contribution in [-0.4, -0.2) is 101 Å². The number of aliphatic hydroxyl groups excluding tert-OH is 4. The van der Waals surface area contributed by atoms with Gasteiger partial charge in [0.25, 0.3) is 0 Å². The van der Waals surface area contributed by atoms with Gasteiger partial charge >= 0.3 is 0 Å². The van der Waals surface area contributed by atoms with Gasteiger partial charge in [0, 0.05) is 25.0 Å². The molecule has 0 unspecified atom stereocenters. The van der Waals surface area contributed by atoms with Crippen LogP contribution in [0.2, 0.25) is 0 Å². The Kier molecular flexibility index (Phi) is 10.3. The van der Waals surface area contributed by atoms with Crippen LogP contribution in [0, 0.1) is 0 Å². The Balaban J connectivity index is 1.31. The number of aromatic nitrogens is 4. The highest BCUT2D eigenvalue weighted by Crippen LogP contribution is 2.22. The largest absolute Gasteiger partial charge is 0.506 e. The SMILES string of the molecule is OC[C@H]1O[C@@H](OCCCCc2cn(CCCCc3ccc(O)c(/C=N/O)n3)nn2)[C@H](O)[C@@H](O)[C@@H]1O. The second-order valence-electron chi connectivity index (χ2n) is 8.41. The minimum Gasteiger partial charge on any atom is -0.506 e. The number of hydrogen-bond acceptors (Lipinski definition) is 12. The fourth-order valence-corrected chi connectivity index (χ4v) is 3.75. The van der Waals surface area contributed by atoms with Gasteiger partial charge in [0.2, 0.25) is 0 Å². The maximum atomic E-state index is 9.97. The molecular weight excluding hydrogens is 462 g/mol. The quantitative estimate of drug-likeness (QED) is 0.0894. The van der Waals surface area contributed by atoms with Crippen molar-refractivity contribution in [2.45, 2.75) is 75.8 Å². The Bertz CT molecular complexity index is 940.